The third-order valence-corrected chi connectivity index (χ3v) is 8.19. The molecule has 1 N–H and O–H groups in total. The van der Waals surface area contributed by atoms with Crippen molar-refractivity contribution in [2.24, 2.45) is 5.92 Å². The highest BCUT2D eigenvalue weighted by molar-refractivity contribution is 7.89. The van der Waals surface area contributed by atoms with Crippen LogP contribution < -0.4 is 10.1 Å². The summed E-state index contributed by atoms with van der Waals surface area (Å²) in [5, 5.41) is 3.06. The van der Waals surface area contributed by atoms with E-state index in [2.05, 4.69) is 24.4 Å². The van der Waals surface area contributed by atoms with Crippen molar-refractivity contribution in [1.29, 1.82) is 0 Å². The lowest BCUT2D eigenvalue weighted by Gasteiger charge is -2.29. The van der Waals surface area contributed by atoms with Gasteiger partial charge in [-0.2, -0.15) is 4.31 Å². The van der Waals surface area contributed by atoms with E-state index in [1.54, 1.807) is 28.6 Å². The van der Waals surface area contributed by atoms with Crippen molar-refractivity contribution in [1.82, 2.24) is 9.62 Å². The van der Waals surface area contributed by atoms with E-state index in [4.69, 9.17) is 4.74 Å². The highest BCUT2D eigenvalue weighted by Crippen LogP contribution is 2.29. The third-order valence-electron chi connectivity index (χ3n) is 6.28. The van der Waals surface area contributed by atoms with Crippen molar-refractivity contribution in [2.75, 3.05) is 19.7 Å². The fourth-order valence-electron chi connectivity index (χ4n) is 4.37. The number of rotatable bonds is 6. The van der Waals surface area contributed by atoms with Crippen molar-refractivity contribution in [3.8, 4) is 5.75 Å². The number of nitrogens with one attached hydrogen (secondary N) is 1. The van der Waals surface area contributed by atoms with Crippen molar-refractivity contribution < 1.29 is 17.9 Å². The summed E-state index contributed by atoms with van der Waals surface area (Å²) in [6.45, 7) is 3.17. The van der Waals surface area contributed by atoms with Crippen LogP contribution in [0.15, 0.2) is 53.4 Å². The second-order valence-electron chi connectivity index (χ2n) is 8.56. The van der Waals surface area contributed by atoms with Gasteiger partial charge in [-0.05, 0) is 73.4 Å². The first-order valence-electron chi connectivity index (χ1n) is 11.0. The Morgan fingerprint density at radius 1 is 1.06 bits per heavy atom. The minimum absolute atomic E-state index is 0.0147. The van der Waals surface area contributed by atoms with Gasteiger partial charge in [-0.15, -0.1) is 0 Å². The molecule has 1 heterocycles. The van der Waals surface area contributed by atoms with Gasteiger partial charge in [-0.3, -0.25) is 4.79 Å². The first kappa shape index (κ1) is 21.8. The third kappa shape index (κ3) is 5.10. The molecule has 0 aromatic heterocycles. The first-order valence-corrected chi connectivity index (χ1v) is 12.5. The minimum Gasteiger partial charge on any atom is -0.484 e. The van der Waals surface area contributed by atoms with Gasteiger partial charge >= 0.3 is 0 Å². The number of fused-ring (bicyclic) bond motifs is 1. The zero-order valence-electron chi connectivity index (χ0n) is 17.9. The molecule has 31 heavy (non-hydrogen) atoms. The molecule has 0 unspecified atom stereocenters. The number of ether oxygens (including phenoxy) is 1. The molecular weight excluding hydrogens is 412 g/mol. The Labute approximate surface area is 184 Å². The predicted molar refractivity (Wildman–Crippen MR) is 119 cm³/mol. The standard InChI is InChI=1S/C24H30N2O4S/c1-18-13-15-26(16-14-18)31(28,29)21-11-9-20(10-12-21)30-17-24(27)25-23-8-4-6-19-5-2-3-7-22(19)23/h2-3,5,7,9-12,18,23H,4,6,8,13-17H2,1H3,(H,25,27)/t23-/m1/s1. The Morgan fingerprint density at radius 3 is 2.52 bits per heavy atom. The first-order chi connectivity index (χ1) is 14.9. The van der Waals surface area contributed by atoms with E-state index in [0.717, 1.165) is 32.1 Å². The number of nitrogens with zero attached hydrogens (tertiary/aromatic N) is 1. The van der Waals surface area contributed by atoms with Crippen LogP contribution in [0.1, 0.15) is 49.8 Å². The van der Waals surface area contributed by atoms with Gasteiger partial charge < -0.3 is 10.1 Å². The van der Waals surface area contributed by atoms with Crippen LogP contribution >= 0.6 is 0 Å². The van der Waals surface area contributed by atoms with Gasteiger partial charge in [0, 0.05) is 13.1 Å². The lowest BCUT2D eigenvalue weighted by molar-refractivity contribution is -0.124. The Bertz CT molecular complexity index is 1010. The number of carbonyl (C=O) groups is 1. The normalized spacial score (nSPS) is 20.1. The van der Waals surface area contributed by atoms with Crippen LogP contribution in [0, 0.1) is 5.92 Å². The fourth-order valence-corrected chi connectivity index (χ4v) is 5.84. The molecule has 7 heteroatoms. The molecule has 1 amide bonds. The van der Waals surface area contributed by atoms with Crippen LogP contribution in [-0.2, 0) is 21.2 Å². The van der Waals surface area contributed by atoms with Gasteiger partial charge in [0.05, 0.1) is 10.9 Å². The number of hydrogen-bond donors (Lipinski definition) is 1. The molecule has 0 saturated carbocycles. The molecule has 6 nitrogen and oxygen atoms in total. The molecule has 2 aromatic rings. The number of benzene rings is 2. The molecule has 0 bridgehead atoms. The van der Waals surface area contributed by atoms with Crippen molar-refractivity contribution in [3.05, 3.63) is 59.7 Å². The summed E-state index contributed by atoms with van der Waals surface area (Å²) in [4.78, 5) is 12.7. The van der Waals surface area contributed by atoms with Crippen LogP contribution in [-0.4, -0.2) is 38.3 Å². The lowest BCUT2D eigenvalue weighted by Crippen LogP contribution is -2.37. The van der Waals surface area contributed by atoms with E-state index < -0.39 is 10.0 Å². The number of hydrogen-bond acceptors (Lipinski definition) is 4. The van der Waals surface area contributed by atoms with E-state index in [1.807, 2.05) is 12.1 Å². The second-order valence-corrected chi connectivity index (χ2v) is 10.5. The molecule has 1 saturated heterocycles. The topological polar surface area (TPSA) is 75.7 Å². The summed E-state index contributed by atoms with van der Waals surface area (Å²) < 4.78 is 32.8. The van der Waals surface area contributed by atoms with Gasteiger partial charge in [-0.1, -0.05) is 31.2 Å². The van der Waals surface area contributed by atoms with Gasteiger partial charge in [0.1, 0.15) is 5.75 Å². The molecule has 1 aliphatic heterocycles. The molecule has 0 spiro atoms. The predicted octanol–water partition coefficient (Wildman–Crippen LogP) is 3.68. The van der Waals surface area contributed by atoms with Crippen molar-refractivity contribution >= 4 is 15.9 Å². The number of carbonyl (C=O) groups excluding carboxylic acids is 1. The van der Waals surface area contributed by atoms with Gasteiger partial charge in [0.15, 0.2) is 6.61 Å². The molecule has 2 aliphatic rings. The maximum absolute atomic E-state index is 12.8. The van der Waals surface area contributed by atoms with Crippen LogP contribution in [0.5, 0.6) is 5.75 Å². The average Bonchev–Trinajstić information content (AvgIpc) is 2.78. The van der Waals surface area contributed by atoms with E-state index >= 15 is 0 Å². The number of aryl methyl sites for hydroxylation is 1. The molecule has 2 aromatic carbocycles. The molecule has 1 fully saturated rings. The molecular formula is C24H30N2O4S. The van der Waals surface area contributed by atoms with Gasteiger partial charge in [0.25, 0.3) is 5.91 Å². The lowest BCUT2D eigenvalue weighted by atomic mass is 9.88. The largest absolute Gasteiger partial charge is 0.484 e. The number of piperidine rings is 1. The second kappa shape index (κ2) is 9.40. The zero-order chi connectivity index (χ0) is 21.8. The summed E-state index contributed by atoms with van der Waals surface area (Å²) in [7, 11) is -3.48. The summed E-state index contributed by atoms with van der Waals surface area (Å²) in [6.07, 6.45) is 4.80. The van der Waals surface area contributed by atoms with E-state index in [0.29, 0.717) is 24.8 Å². The molecule has 166 valence electrons. The number of sulfonamides is 1. The Balaban J connectivity index is 1.32. The SMILES string of the molecule is CC1CCN(S(=O)(=O)c2ccc(OCC(=O)N[C@@H]3CCCc4ccccc43)cc2)CC1. The zero-order valence-corrected chi connectivity index (χ0v) is 18.7. The van der Waals surface area contributed by atoms with Gasteiger partial charge in [-0.25, -0.2) is 8.42 Å². The molecule has 4 rings (SSSR count). The fraction of sp³-hybridized carbons (Fsp3) is 0.458. The average molecular weight is 443 g/mol. The summed E-state index contributed by atoms with van der Waals surface area (Å²) >= 11 is 0. The quantitative estimate of drug-likeness (QED) is 0.741. The summed E-state index contributed by atoms with van der Waals surface area (Å²) in [5.41, 5.74) is 2.48. The van der Waals surface area contributed by atoms with Crippen LogP contribution in [0.3, 0.4) is 0 Å². The van der Waals surface area contributed by atoms with Crippen LogP contribution in [0.25, 0.3) is 0 Å². The number of amides is 1. The Hall–Kier alpha value is -2.38. The van der Waals surface area contributed by atoms with Crippen molar-refractivity contribution in [2.45, 2.75) is 50.0 Å². The summed E-state index contributed by atoms with van der Waals surface area (Å²) in [5.74, 6) is 0.863. The minimum atomic E-state index is -3.48. The summed E-state index contributed by atoms with van der Waals surface area (Å²) in [6, 6.07) is 14.6. The monoisotopic (exact) mass is 442 g/mol. The van der Waals surface area contributed by atoms with E-state index in [9.17, 15) is 13.2 Å². The smallest absolute Gasteiger partial charge is 0.258 e. The molecule has 1 aliphatic carbocycles. The maximum Gasteiger partial charge on any atom is 0.258 e. The Morgan fingerprint density at radius 2 is 1.77 bits per heavy atom. The van der Waals surface area contributed by atoms with Crippen LogP contribution in [0.4, 0.5) is 0 Å². The van der Waals surface area contributed by atoms with E-state index in [1.165, 1.54) is 11.1 Å². The molecule has 1 atom stereocenters. The Kier molecular flexibility index (Phi) is 6.62. The molecule has 0 radical (unpaired) electrons. The van der Waals surface area contributed by atoms with E-state index in [-0.39, 0.29) is 23.5 Å². The van der Waals surface area contributed by atoms with Crippen molar-refractivity contribution in [3.63, 3.8) is 0 Å². The van der Waals surface area contributed by atoms with Gasteiger partial charge in [0.2, 0.25) is 10.0 Å². The maximum atomic E-state index is 12.8. The highest BCUT2D eigenvalue weighted by Gasteiger charge is 2.28. The van der Waals surface area contributed by atoms with Crippen LogP contribution in [0.2, 0.25) is 0 Å². The highest BCUT2D eigenvalue weighted by atomic mass is 32.2.